The molecule has 0 N–H and O–H groups in total. The maximum atomic E-state index is 6.14. The molecule has 3 heterocycles. The van der Waals surface area contributed by atoms with Gasteiger partial charge < -0.3 is 4.42 Å². The third-order valence-corrected chi connectivity index (χ3v) is 14.6. The van der Waals surface area contributed by atoms with E-state index < -0.39 is 0 Å². The van der Waals surface area contributed by atoms with Crippen molar-refractivity contribution >= 4 is 85.8 Å². The number of hydrogen-bond acceptors (Lipinski definition) is 5. The van der Waals surface area contributed by atoms with E-state index in [0.717, 1.165) is 38.6 Å². The lowest BCUT2D eigenvalue weighted by Crippen LogP contribution is -2.00. The zero-order valence-electron chi connectivity index (χ0n) is 36.5. The monoisotopic (exact) mass is 883 g/mol. The Morgan fingerprint density at radius 3 is 1.32 bits per heavy atom. The van der Waals surface area contributed by atoms with Crippen LogP contribution >= 0.6 is 11.3 Å². The molecule has 14 rings (SSSR count). The van der Waals surface area contributed by atoms with Crippen LogP contribution in [0.3, 0.4) is 0 Å². The van der Waals surface area contributed by atoms with Gasteiger partial charge in [-0.3, -0.25) is 0 Å². The van der Waals surface area contributed by atoms with Crippen LogP contribution in [0, 0.1) is 0 Å². The molecule has 0 unspecified atom stereocenters. The summed E-state index contributed by atoms with van der Waals surface area (Å²) in [7, 11) is 0. The number of furan rings is 1. The average Bonchev–Trinajstić information content (AvgIpc) is 3.98. The third kappa shape index (κ3) is 6.39. The Kier molecular flexibility index (Phi) is 8.73. The molecular formula is C63H37N3OS. The topological polar surface area (TPSA) is 51.8 Å². The minimum absolute atomic E-state index is 0.618. The number of rotatable bonds is 6. The first-order chi connectivity index (χ1) is 33.6. The van der Waals surface area contributed by atoms with Crippen molar-refractivity contribution < 1.29 is 4.42 Å². The Labute approximate surface area is 395 Å². The lowest BCUT2D eigenvalue weighted by Gasteiger charge is -2.13. The summed E-state index contributed by atoms with van der Waals surface area (Å²) in [6.07, 6.45) is 0. The van der Waals surface area contributed by atoms with Crippen molar-refractivity contribution in [3.05, 3.63) is 224 Å². The number of aromatic nitrogens is 3. The molecule has 0 spiro atoms. The molecule has 316 valence electrons. The van der Waals surface area contributed by atoms with E-state index in [1.165, 1.54) is 85.9 Å². The molecule has 0 saturated heterocycles. The van der Waals surface area contributed by atoms with Crippen LogP contribution in [0.15, 0.2) is 229 Å². The highest BCUT2D eigenvalue weighted by Crippen LogP contribution is 2.41. The van der Waals surface area contributed by atoms with Gasteiger partial charge in [0, 0.05) is 47.6 Å². The van der Waals surface area contributed by atoms with Crippen molar-refractivity contribution in [1.29, 1.82) is 0 Å². The Morgan fingerprint density at radius 1 is 0.235 bits per heavy atom. The van der Waals surface area contributed by atoms with Gasteiger partial charge in [0.1, 0.15) is 11.2 Å². The van der Waals surface area contributed by atoms with E-state index in [2.05, 4.69) is 164 Å². The fraction of sp³-hybridized carbons (Fsp3) is 0. The van der Waals surface area contributed by atoms with Crippen LogP contribution in [-0.4, -0.2) is 15.0 Å². The van der Waals surface area contributed by atoms with Crippen LogP contribution in [-0.2, 0) is 0 Å². The summed E-state index contributed by atoms with van der Waals surface area (Å²) in [6, 6.07) is 80.3. The fourth-order valence-electron chi connectivity index (χ4n) is 10.2. The van der Waals surface area contributed by atoms with Gasteiger partial charge in [-0.25, -0.2) is 15.0 Å². The van der Waals surface area contributed by atoms with Crippen molar-refractivity contribution in [2.75, 3.05) is 0 Å². The van der Waals surface area contributed by atoms with Gasteiger partial charge in [0.25, 0.3) is 0 Å². The predicted molar refractivity (Wildman–Crippen MR) is 285 cm³/mol. The second-order valence-electron chi connectivity index (χ2n) is 17.5. The summed E-state index contributed by atoms with van der Waals surface area (Å²) >= 11 is 1.80. The summed E-state index contributed by atoms with van der Waals surface area (Å²) < 4.78 is 8.57. The minimum atomic E-state index is 0.618. The second-order valence-corrected chi connectivity index (χ2v) is 18.6. The quantitative estimate of drug-likeness (QED) is 0.156. The smallest absolute Gasteiger partial charge is 0.164 e. The summed E-state index contributed by atoms with van der Waals surface area (Å²) in [5, 5.41) is 12.3. The lowest BCUT2D eigenvalue weighted by molar-refractivity contribution is 0.669. The van der Waals surface area contributed by atoms with Crippen LogP contribution in [0.4, 0.5) is 0 Å². The van der Waals surface area contributed by atoms with Gasteiger partial charge in [-0.05, 0) is 126 Å². The van der Waals surface area contributed by atoms with Crippen LogP contribution in [0.1, 0.15) is 0 Å². The molecule has 0 radical (unpaired) electrons. The van der Waals surface area contributed by atoms with Gasteiger partial charge in [0.15, 0.2) is 17.5 Å². The first kappa shape index (κ1) is 38.5. The average molecular weight is 884 g/mol. The Hall–Kier alpha value is -8.77. The summed E-state index contributed by atoms with van der Waals surface area (Å²) in [5.74, 6) is 1.89. The van der Waals surface area contributed by atoms with E-state index >= 15 is 0 Å². The summed E-state index contributed by atoms with van der Waals surface area (Å²) in [4.78, 5) is 15.2. The second kappa shape index (κ2) is 15.4. The van der Waals surface area contributed by atoms with Gasteiger partial charge in [0.05, 0.1) is 0 Å². The maximum Gasteiger partial charge on any atom is 0.164 e. The van der Waals surface area contributed by atoms with E-state index in [1.807, 2.05) is 60.7 Å². The molecule has 0 bridgehead atoms. The summed E-state index contributed by atoms with van der Waals surface area (Å²) in [5.41, 5.74) is 11.6. The van der Waals surface area contributed by atoms with Gasteiger partial charge >= 0.3 is 0 Å². The zero-order valence-corrected chi connectivity index (χ0v) is 37.3. The molecule has 0 fully saturated rings. The van der Waals surface area contributed by atoms with Crippen molar-refractivity contribution in [3.8, 4) is 67.5 Å². The van der Waals surface area contributed by atoms with Crippen molar-refractivity contribution in [1.82, 2.24) is 15.0 Å². The van der Waals surface area contributed by atoms with E-state index in [1.54, 1.807) is 11.3 Å². The standard InChI is InChI=1S/C63H37N3OS/c1-2-12-38(13-3-1)61-64-62(45-26-30-58-55(36-45)52-22-8-9-23-57(52)67-58)66-63(65-61)46-25-29-53-56-35-44(27-31-59(56)68-60(53)37-46)42-17-11-15-40(33-42)39-14-10-16-41(32-39)43-24-28-51-49-20-5-4-18-47(49)48-19-6-7-21-50(48)54(51)34-43/h1-37H. The van der Waals surface area contributed by atoms with Gasteiger partial charge in [-0.2, -0.15) is 0 Å². The van der Waals surface area contributed by atoms with Gasteiger partial charge in [0.2, 0.25) is 0 Å². The number of para-hydroxylation sites is 1. The number of benzene rings is 11. The molecule has 5 heteroatoms. The molecular weight excluding hydrogens is 847 g/mol. The molecule has 11 aromatic carbocycles. The van der Waals surface area contributed by atoms with Gasteiger partial charge in [-0.15, -0.1) is 11.3 Å². The first-order valence-corrected chi connectivity index (χ1v) is 23.7. The molecule has 0 aliphatic heterocycles. The highest BCUT2D eigenvalue weighted by Gasteiger charge is 2.17. The maximum absolute atomic E-state index is 6.14. The SMILES string of the molecule is c1ccc(-c2nc(-c3ccc4c(c3)sc3ccc(-c5cccc(-c6cccc(-c7ccc8c9ccccc9c9ccccc9c8c7)c6)c5)cc34)nc(-c3ccc4oc5ccccc5c4c3)n2)cc1. The predicted octanol–water partition coefficient (Wildman–Crippen LogP) is 17.6. The first-order valence-electron chi connectivity index (χ1n) is 22.9. The van der Waals surface area contributed by atoms with E-state index in [9.17, 15) is 0 Å². The van der Waals surface area contributed by atoms with E-state index in [4.69, 9.17) is 19.4 Å². The Balaban J connectivity index is 0.809. The Morgan fingerprint density at radius 2 is 0.662 bits per heavy atom. The molecule has 68 heavy (non-hydrogen) atoms. The molecule has 0 saturated carbocycles. The largest absolute Gasteiger partial charge is 0.456 e. The molecule has 3 aromatic heterocycles. The summed E-state index contributed by atoms with van der Waals surface area (Å²) in [6.45, 7) is 0. The van der Waals surface area contributed by atoms with Gasteiger partial charge in [-0.1, -0.05) is 164 Å². The zero-order chi connectivity index (χ0) is 44.7. The van der Waals surface area contributed by atoms with E-state index in [-0.39, 0.29) is 0 Å². The third-order valence-electron chi connectivity index (χ3n) is 13.5. The highest BCUT2D eigenvalue weighted by molar-refractivity contribution is 7.25. The fourth-order valence-corrected chi connectivity index (χ4v) is 11.3. The van der Waals surface area contributed by atoms with Crippen molar-refractivity contribution in [3.63, 3.8) is 0 Å². The van der Waals surface area contributed by atoms with E-state index in [0.29, 0.717) is 17.5 Å². The molecule has 14 aromatic rings. The molecule has 4 nitrogen and oxygen atoms in total. The van der Waals surface area contributed by atoms with Crippen molar-refractivity contribution in [2.45, 2.75) is 0 Å². The van der Waals surface area contributed by atoms with Crippen LogP contribution < -0.4 is 0 Å². The molecule has 0 aliphatic rings. The van der Waals surface area contributed by atoms with Crippen LogP contribution in [0.25, 0.3) is 142 Å². The number of fused-ring (bicyclic) bond motifs is 12. The van der Waals surface area contributed by atoms with Crippen LogP contribution in [0.2, 0.25) is 0 Å². The Bertz CT molecular complexity index is 4300. The normalized spacial score (nSPS) is 11.8. The lowest BCUT2D eigenvalue weighted by atomic mass is 9.91. The number of nitrogens with zero attached hydrogens (tertiary/aromatic N) is 3. The molecule has 0 amide bonds. The highest BCUT2D eigenvalue weighted by atomic mass is 32.1. The molecule has 0 atom stereocenters. The number of thiophene rings is 1. The van der Waals surface area contributed by atoms with Crippen LogP contribution in [0.5, 0.6) is 0 Å². The minimum Gasteiger partial charge on any atom is -0.456 e. The number of hydrogen-bond donors (Lipinski definition) is 0. The van der Waals surface area contributed by atoms with Crippen molar-refractivity contribution in [2.24, 2.45) is 0 Å². The molecule has 0 aliphatic carbocycles.